The van der Waals surface area contributed by atoms with Crippen LogP contribution < -0.4 is 11.1 Å². The van der Waals surface area contributed by atoms with Crippen LogP contribution in [0.4, 0.5) is 10.5 Å². The molecule has 2 amide bonds. The molecule has 5 heteroatoms. The fourth-order valence-corrected chi connectivity index (χ4v) is 2.91. The molecule has 1 aromatic carbocycles. The number of amides is 2. The first kappa shape index (κ1) is 15.1. The number of halogens is 1. The van der Waals surface area contributed by atoms with Crippen molar-refractivity contribution in [2.45, 2.75) is 44.7 Å². The number of urea groups is 1. The molecule has 1 aliphatic carbocycles. The van der Waals surface area contributed by atoms with Gasteiger partial charge in [-0.15, -0.1) is 0 Å². The monoisotopic (exact) mass is 295 g/mol. The fourth-order valence-electron chi connectivity index (χ4n) is 2.73. The lowest BCUT2D eigenvalue weighted by atomic mass is 9.91. The fraction of sp³-hybridized carbons (Fsp3) is 0.533. The topological polar surface area (TPSA) is 58.4 Å². The van der Waals surface area contributed by atoms with Crippen LogP contribution in [0.15, 0.2) is 24.3 Å². The minimum atomic E-state index is -0.0823. The Bertz CT molecular complexity index is 458. The van der Waals surface area contributed by atoms with E-state index in [4.69, 9.17) is 17.3 Å². The molecular formula is C15H22ClN3O. The zero-order valence-electron chi connectivity index (χ0n) is 11.8. The van der Waals surface area contributed by atoms with E-state index in [9.17, 15) is 4.79 Å². The van der Waals surface area contributed by atoms with Crippen LogP contribution >= 0.6 is 11.6 Å². The standard InChI is InChI=1S/C15H22ClN3O/c1-2-19(12-9-7-11(17)8-10-12)15(20)18-14-6-4-3-5-13(14)16/h3-6,11-12H,2,7-10,17H2,1H3,(H,18,20). The molecule has 0 saturated heterocycles. The van der Waals surface area contributed by atoms with Gasteiger partial charge in [-0.05, 0) is 44.7 Å². The average Bonchev–Trinajstić information content (AvgIpc) is 2.44. The maximum absolute atomic E-state index is 12.4. The van der Waals surface area contributed by atoms with E-state index >= 15 is 0 Å². The van der Waals surface area contributed by atoms with Gasteiger partial charge in [0.1, 0.15) is 0 Å². The van der Waals surface area contributed by atoms with Gasteiger partial charge in [0.25, 0.3) is 0 Å². The van der Waals surface area contributed by atoms with Crippen molar-refractivity contribution in [3.63, 3.8) is 0 Å². The van der Waals surface area contributed by atoms with Crippen LogP contribution in [0.25, 0.3) is 0 Å². The van der Waals surface area contributed by atoms with Crippen molar-refractivity contribution in [1.82, 2.24) is 4.90 Å². The molecule has 0 aliphatic heterocycles. The minimum Gasteiger partial charge on any atom is -0.328 e. The van der Waals surface area contributed by atoms with Gasteiger partial charge in [-0.1, -0.05) is 23.7 Å². The van der Waals surface area contributed by atoms with Crippen molar-refractivity contribution < 1.29 is 4.79 Å². The number of nitrogens with zero attached hydrogens (tertiary/aromatic N) is 1. The average molecular weight is 296 g/mol. The SMILES string of the molecule is CCN(C(=O)Nc1ccccc1Cl)C1CCC(N)CC1. The number of anilines is 1. The third-order valence-electron chi connectivity index (χ3n) is 3.90. The van der Waals surface area contributed by atoms with Crippen LogP contribution in [0.1, 0.15) is 32.6 Å². The molecule has 110 valence electrons. The number of rotatable bonds is 3. The van der Waals surface area contributed by atoms with E-state index in [2.05, 4.69) is 5.32 Å². The molecule has 0 aromatic heterocycles. The van der Waals surface area contributed by atoms with Crippen molar-refractivity contribution in [2.24, 2.45) is 5.73 Å². The van der Waals surface area contributed by atoms with Gasteiger partial charge < -0.3 is 16.0 Å². The van der Waals surface area contributed by atoms with Crippen molar-refractivity contribution >= 4 is 23.3 Å². The molecule has 0 spiro atoms. The van der Waals surface area contributed by atoms with Gasteiger partial charge in [-0.2, -0.15) is 0 Å². The van der Waals surface area contributed by atoms with Crippen molar-refractivity contribution in [2.75, 3.05) is 11.9 Å². The Morgan fingerprint density at radius 1 is 1.35 bits per heavy atom. The summed E-state index contributed by atoms with van der Waals surface area (Å²) in [6.45, 7) is 2.69. The van der Waals surface area contributed by atoms with Gasteiger partial charge in [0.2, 0.25) is 0 Å². The van der Waals surface area contributed by atoms with Crippen LogP contribution in [0, 0.1) is 0 Å². The van der Waals surface area contributed by atoms with Crippen molar-refractivity contribution in [3.05, 3.63) is 29.3 Å². The van der Waals surface area contributed by atoms with E-state index in [1.165, 1.54) is 0 Å². The van der Waals surface area contributed by atoms with Crippen LogP contribution in [0.3, 0.4) is 0 Å². The largest absolute Gasteiger partial charge is 0.328 e. The van der Waals surface area contributed by atoms with Crippen LogP contribution in [-0.2, 0) is 0 Å². The predicted molar refractivity (Wildman–Crippen MR) is 83.1 cm³/mol. The summed E-state index contributed by atoms with van der Waals surface area (Å²) >= 11 is 6.07. The number of hydrogen-bond donors (Lipinski definition) is 2. The molecule has 1 fully saturated rings. The molecule has 3 N–H and O–H groups in total. The highest BCUT2D eigenvalue weighted by Gasteiger charge is 2.26. The first-order valence-corrected chi connectivity index (χ1v) is 7.57. The first-order chi connectivity index (χ1) is 9.61. The molecule has 0 bridgehead atoms. The van der Waals surface area contributed by atoms with Gasteiger partial charge >= 0.3 is 6.03 Å². The van der Waals surface area contributed by atoms with Crippen LogP contribution in [0.5, 0.6) is 0 Å². The number of hydrogen-bond acceptors (Lipinski definition) is 2. The Balaban J connectivity index is 2.00. The second-order valence-corrected chi connectivity index (χ2v) is 5.67. The van der Waals surface area contributed by atoms with Gasteiger partial charge in [-0.25, -0.2) is 4.79 Å². The Kier molecular flexibility index (Phi) is 5.26. The molecule has 1 aromatic rings. The second kappa shape index (κ2) is 6.95. The lowest BCUT2D eigenvalue weighted by Crippen LogP contribution is -2.46. The first-order valence-electron chi connectivity index (χ1n) is 7.19. The molecule has 0 heterocycles. The Morgan fingerprint density at radius 3 is 2.60 bits per heavy atom. The van der Waals surface area contributed by atoms with Crippen molar-refractivity contribution in [3.8, 4) is 0 Å². The Morgan fingerprint density at radius 2 is 2.00 bits per heavy atom. The third kappa shape index (κ3) is 3.64. The summed E-state index contributed by atoms with van der Waals surface area (Å²) in [5.41, 5.74) is 6.58. The molecule has 0 atom stereocenters. The molecule has 4 nitrogen and oxygen atoms in total. The third-order valence-corrected chi connectivity index (χ3v) is 4.23. The molecular weight excluding hydrogens is 274 g/mol. The number of benzene rings is 1. The summed E-state index contributed by atoms with van der Waals surface area (Å²) in [6.07, 6.45) is 3.93. The highest BCUT2D eigenvalue weighted by Crippen LogP contribution is 2.24. The van der Waals surface area contributed by atoms with E-state index in [0.29, 0.717) is 17.3 Å². The molecule has 2 rings (SSSR count). The van der Waals surface area contributed by atoms with E-state index in [1.807, 2.05) is 30.0 Å². The quantitative estimate of drug-likeness (QED) is 0.897. The lowest BCUT2D eigenvalue weighted by Gasteiger charge is -2.35. The van der Waals surface area contributed by atoms with Gasteiger partial charge in [0.15, 0.2) is 0 Å². The Labute approximate surface area is 125 Å². The normalized spacial score (nSPS) is 22.4. The summed E-state index contributed by atoms with van der Waals surface area (Å²) in [5.74, 6) is 0. The van der Waals surface area contributed by atoms with Gasteiger partial charge in [0, 0.05) is 18.6 Å². The van der Waals surface area contributed by atoms with E-state index < -0.39 is 0 Å². The summed E-state index contributed by atoms with van der Waals surface area (Å²) in [6, 6.07) is 7.77. The summed E-state index contributed by atoms with van der Waals surface area (Å²) < 4.78 is 0. The van der Waals surface area contributed by atoms with E-state index in [-0.39, 0.29) is 18.1 Å². The number of nitrogens with one attached hydrogen (secondary N) is 1. The van der Waals surface area contributed by atoms with Gasteiger partial charge in [-0.3, -0.25) is 0 Å². The van der Waals surface area contributed by atoms with E-state index in [1.54, 1.807) is 6.07 Å². The molecule has 0 radical (unpaired) electrons. The van der Waals surface area contributed by atoms with E-state index in [0.717, 1.165) is 25.7 Å². The predicted octanol–water partition coefficient (Wildman–Crippen LogP) is 3.46. The summed E-state index contributed by atoms with van der Waals surface area (Å²) in [5, 5.41) is 3.45. The lowest BCUT2D eigenvalue weighted by molar-refractivity contribution is 0.167. The summed E-state index contributed by atoms with van der Waals surface area (Å²) in [7, 11) is 0. The maximum Gasteiger partial charge on any atom is 0.322 e. The highest BCUT2D eigenvalue weighted by molar-refractivity contribution is 6.33. The number of carbonyl (C=O) groups is 1. The second-order valence-electron chi connectivity index (χ2n) is 5.26. The molecule has 1 saturated carbocycles. The zero-order chi connectivity index (χ0) is 14.5. The minimum absolute atomic E-state index is 0.0823. The van der Waals surface area contributed by atoms with Crippen LogP contribution in [-0.4, -0.2) is 29.6 Å². The van der Waals surface area contributed by atoms with Gasteiger partial charge in [0.05, 0.1) is 10.7 Å². The summed E-state index contributed by atoms with van der Waals surface area (Å²) in [4.78, 5) is 14.3. The maximum atomic E-state index is 12.4. The smallest absolute Gasteiger partial charge is 0.322 e. The number of carbonyl (C=O) groups excluding carboxylic acids is 1. The zero-order valence-corrected chi connectivity index (χ0v) is 12.6. The molecule has 1 aliphatic rings. The number of para-hydroxylation sites is 1. The highest BCUT2D eigenvalue weighted by atomic mass is 35.5. The van der Waals surface area contributed by atoms with Crippen molar-refractivity contribution in [1.29, 1.82) is 0 Å². The molecule has 0 unspecified atom stereocenters. The Hall–Kier alpha value is -1.26. The number of nitrogens with two attached hydrogens (primary N) is 1. The molecule has 20 heavy (non-hydrogen) atoms. The van der Waals surface area contributed by atoms with Crippen LogP contribution in [0.2, 0.25) is 5.02 Å².